The zero-order chi connectivity index (χ0) is 13.1. The van der Waals surface area contributed by atoms with Gasteiger partial charge in [-0.25, -0.2) is 0 Å². The van der Waals surface area contributed by atoms with Crippen LogP contribution in [0, 0.1) is 5.92 Å². The average Bonchev–Trinajstić information content (AvgIpc) is 2.38. The number of rotatable bonds is 2. The van der Waals surface area contributed by atoms with Crippen LogP contribution in [0.4, 0.5) is 0 Å². The Morgan fingerprint density at radius 1 is 1.28 bits per heavy atom. The predicted molar refractivity (Wildman–Crippen MR) is 77.2 cm³/mol. The minimum Gasteiger partial charge on any atom is -0.339 e. The topological polar surface area (TPSA) is 20.3 Å². The molecule has 0 aliphatic heterocycles. The van der Waals surface area contributed by atoms with Crippen LogP contribution in [0.2, 0.25) is 0 Å². The van der Waals surface area contributed by atoms with Gasteiger partial charge in [0.15, 0.2) is 0 Å². The maximum Gasteiger partial charge on any atom is 0.253 e. The fourth-order valence-corrected chi connectivity index (χ4v) is 2.88. The molecule has 0 bridgehead atoms. The van der Waals surface area contributed by atoms with E-state index < -0.39 is 0 Å². The second-order valence-corrected chi connectivity index (χ2v) is 5.90. The highest BCUT2D eigenvalue weighted by molar-refractivity contribution is 7.80. The first-order chi connectivity index (χ1) is 8.58. The molecule has 0 radical (unpaired) electrons. The molecule has 0 N–H and O–H groups in total. The Hall–Kier alpha value is -0.960. The normalized spacial score (nSPS) is 23.7. The quantitative estimate of drug-likeness (QED) is 0.808. The summed E-state index contributed by atoms with van der Waals surface area (Å²) in [6.45, 7) is 2.28. The molecule has 2 unspecified atom stereocenters. The molecule has 2 rings (SSSR count). The van der Waals surface area contributed by atoms with Crippen molar-refractivity contribution < 1.29 is 4.79 Å². The molecule has 2 nitrogen and oxygen atoms in total. The zero-order valence-electron chi connectivity index (χ0n) is 11.1. The lowest BCUT2D eigenvalue weighted by atomic mass is 9.86. The summed E-state index contributed by atoms with van der Waals surface area (Å²) in [6, 6.07) is 7.85. The first-order valence-corrected chi connectivity index (χ1v) is 7.09. The number of amides is 1. The highest BCUT2D eigenvalue weighted by Crippen LogP contribution is 2.27. The van der Waals surface area contributed by atoms with E-state index in [4.69, 9.17) is 0 Å². The number of thiol groups is 1. The Morgan fingerprint density at radius 3 is 2.56 bits per heavy atom. The molecule has 18 heavy (non-hydrogen) atoms. The zero-order valence-corrected chi connectivity index (χ0v) is 12.0. The average molecular weight is 263 g/mol. The van der Waals surface area contributed by atoms with Gasteiger partial charge in [-0.1, -0.05) is 19.8 Å². The first kappa shape index (κ1) is 13.5. The van der Waals surface area contributed by atoms with E-state index in [0.717, 1.165) is 29.2 Å². The van der Waals surface area contributed by atoms with Gasteiger partial charge in [-0.05, 0) is 43.0 Å². The van der Waals surface area contributed by atoms with Gasteiger partial charge in [0, 0.05) is 23.5 Å². The summed E-state index contributed by atoms with van der Waals surface area (Å²) < 4.78 is 0. The number of carbonyl (C=O) groups excluding carboxylic acids is 1. The van der Waals surface area contributed by atoms with Crippen molar-refractivity contribution in [2.75, 3.05) is 7.05 Å². The minimum absolute atomic E-state index is 0.127. The molecule has 1 aliphatic rings. The van der Waals surface area contributed by atoms with Crippen molar-refractivity contribution in [3.63, 3.8) is 0 Å². The Morgan fingerprint density at radius 2 is 1.94 bits per heavy atom. The molecule has 0 heterocycles. The number of benzene rings is 1. The van der Waals surface area contributed by atoms with Crippen molar-refractivity contribution in [2.45, 2.75) is 43.5 Å². The predicted octanol–water partition coefficient (Wildman–Crippen LogP) is 3.63. The van der Waals surface area contributed by atoms with Gasteiger partial charge >= 0.3 is 0 Å². The summed E-state index contributed by atoms with van der Waals surface area (Å²) in [5.74, 6) is 0.862. The largest absolute Gasteiger partial charge is 0.339 e. The fraction of sp³-hybridized carbons (Fsp3) is 0.533. The van der Waals surface area contributed by atoms with E-state index in [0.29, 0.717) is 6.04 Å². The van der Waals surface area contributed by atoms with E-state index in [1.807, 2.05) is 36.2 Å². The van der Waals surface area contributed by atoms with Gasteiger partial charge < -0.3 is 4.90 Å². The van der Waals surface area contributed by atoms with E-state index in [2.05, 4.69) is 19.6 Å². The van der Waals surface area contributed by atoms with Crippen molar-refractivity contribution in [3.8, 4) is 0 Å². The maximum absolute atomic E-state index is 12.4. The van der Waals surface area contributed by atoms with Gasteiger partial charge in [0.2, 0.25) is 0 Å². The van der Waals surface area contributed by atoms with Crippen LogP contribution in [0.1, 0.15) is 43.0 Å². The van der Waals surface area contributed by atoms with E-state index in [9.17, 15) is 4.79 Å². The molecule has 1 saturated carbocycles. The standard InChI is InChI=1S/C15H21NOS/c1-11-4-3-5-13(10-11)16(2)15(17)12-6-8-14(18)9-7-12/h6-9,11,13,18H,3-5,10H2,1-2H3. The Bertz CT molecular complexity index is 415. The Balaban J connectivity index is 2.06. The molecular formula is C15H21NOS. The SMILES string of the molecule is CC1CCCC(N(C)C(=O)c2ccc(S)cc2)C1. The lowest BCUT2D eigenvalue weighted by Gasteiger charge is -2.34. The highest BCUT2D eigenvalue weighted by Gasteiger charge is 2.25. The van der Waals surface area contributed by atoms with Crippen molar-refractivity contribution >= 4 is 18.5 Å². The summed E-state index contributed by atoms with van der Waals surface area (Å²) in [5, 5.41) is 0. The molecule has 1 aromatic rings. The number of hydrogen-bond donors (Lipinski definition) is 1. The van der Waals surface area contributed by atoms with Crippen LogP contribution in [-0.4, -0.2) is 23.9 Å². The molecule has 0 saturated heterocycles. The summed E-state index contributed by atoms with van der Waals surface area (Å²) in [6.07, 6.45) is 4.80. The molecule has 3 heteroatoms. The van der Waals surface area contributed by atoms with Crippen molar-refractivity contribution in [1.29, 1.82) is 0 Å². The third-order valence-electron chi connectivity index (χ3n) is 3.89. The molecule has 1 amide bonds. The lowest BCUT2D eigenvalue weighted by molar-refractivity contribution is 0.0672. The van der Waals surface area contributed by atoms with Crippen molar-refractivity contribution in [3.05, 3.63) is 29.8 Å². The molecule has 2 atom stereocenters. The van der Waals surface area contributed by atoms with Crippen molar-refractivity contribution in [2.24, 2.45) is 5.92 Å². The van der Waals surface area contributed by atoms with Crippen LogP contribution in [0.3, 0.4) is 0 Å². The van der Waals surface area contributed by atoms with Crippen LogP contribution in [0.25, 0.3) is 0 Å². The van der Waals surface area contributed by atoms with Gasteiger partial charge in [0.25, 0.3) is 5.91 Å². The van der Waals surface area contributed by atoms with Crippen LogP contribution >= 0.6 is 12.6 Å². The van der Waals surface area contributed by atoms with E-state index in [-0.39, 0.29) is 5.91 Å². The van der Waals surface area contributed by atoms with Gasteiger partial charge in [-0.2, -0.15) is 0 Å². The molecule has 1 fully saturated rings. The molecular weight excluding hydrogens is 242 g/mol. The third kappa shape index (κ3) is 3.08. The maximum atomic E-state index is 12.4. The van der Waals surface area contributed by atoms with Gasteiger partial charge in [0.1, 0.15) is 0 Å². The molecule has 1 aromatic carbocycles. The van der Waals surface area contributed by atoms with Gasteiger partial charge in [0.05, 0.1) is 0 Å². The van der Waals surface area contributed by atoms with E-state index >= 15 is 0 Å². The van der Waals surface area contributed by atoms with Gasteiger partial charge in [-0.3, -0.25) is 4.79 Å². The number of carbonyl (C=O) groups is 1. The Kier molecular flexibility index (Phi) is 4.33. The second kappa shape index (κ2) is 5.79. The van der Waals surface area contributed by atoms with Crippen LogP contribution in [0.15, 0.2) is 29.2 Å². The summed E-state index contributed by atoms with van der Waals surface area (Å²) in [7, 11) is 1.93. The Labute approximate surface area is 115 Å². The van der Waals surface area contributed by atoms with E-state index in [1.54, 1.807) is 0 Å². The minimum atomic E-state index is 0.127. The molecule has 0 spiro atoms. The third-order valence-corrected chi connectivity index (χ3v) is 4.19. The monoisotopic (exact) mass is 263 g/mol. The van der Waals surface area contributed by atoms with E-state index in [1.165, 1.54) is 12.8 Å². The lowest BCUT2D eigenvalue weighted by Crippen LogP contribution is -2.39. The van der Waals surface area contributed by atoms with Crippen LogP contribution in [-0.2, 0) is 0 Å². The smallest absolute Gasteiger partial charge is 0.253 e. The van der Waals surface area contributed by atoms with Crippen LogP contribution < -0.4 is 0 Å². The van der Waals surface area contributed by atoms with Crippen LogP contribution in [0.5, 0.6) is 0 Å². The summed E-state index contributed by atoms with van der Waals surface area (Å²) in [4.78, 5) is 15.2. The molecule has 98 valence electrons. The van der Waals surface area contributed by atoms with Gasteiger partial charge in [-0.15, -0.1) is 12.6 Å². The highest BCUT2D eigenvalue weighted by atomic mass is 32.1. The number of nitrogens with zero attached hydrogens (tertiary/aromatic N) is 1. The molecule has 0 aromatic heterocycles. The summed E-state index contributed by atoms with van der Waals surface area (Å²) in [5.41, 5.74) is 0.758. The van der Waals surface area contributed by atoms with Crippen molar-refractivity contribution in [1.82, 2.24) is 4.90 Å². The second-order valence-electron chi connectivity index (χ2n) is 5.39. The number of hydrogen-bond acceptors (Lipinski definition) is 2. The fourth-order valence-electron chi connectivity index (χ4n) is 2.73. The first-order valence-electron chi connectivity index (χ1n) is 6.64. The summed E-state index contributed by atoms with van der Waals surface area (Å²) >= 11 is 4.24. The molecule has 1 aliphatic carbocycles.